The third-order valence-electron chi connectivity index (χ3n) is 8.31. The smallest absolute Gasteiger partial charge is 0.311 e. The van der Waals surface area contributed by atoms with E-state index in [9.17, 15) is 9.59 Å². The van der Waals surface area contributed by atoms with Gasteiger partial charge < -0.3 is 9.47 Å². The zero-order valence-electron chi connectivity index (χ0n) is 21.5. The van der Waals surface area contributed by atoms with Crippen LogP contribution in [-0.2, 0) is 16.0 Å². The van der Waals surface area contributed by atoms with Gasteiger partial charge in [-0.15, -0.1) is 0 Å². The molecule has 0 saturated heterocycles. The Morgan fingerprint density at radius 2 is 1.19 bits per heavy atom. The molecule has 0 amide bonds. The molecule has 4 nitrogen and oxygen atoms in total. The van der Waals surface area contributed by atoms with E-state index in [4.69, 9.17) is 9.47 Å². The molecule has 0 bridgehead atoms. The van der Waals surface area contributed by atoms with Crippen molar-refractivity contribution in [2.45, 2.75) is 90.4 Å². The summed E-state index contributed by atoms with van der Waals surface area (Å²) in [4.78, 5) is 26.0. The van der Waals surface area contributed by atoms with Gasteiger partial charge in [-0.1, -0.05) is 101 Å². The molecule has 0 aromatic heterocycles. The van der Waals surface area contributed by atoms with Crippen molar-refractivity contribution in [2.24, 2.45) is 11.8 Å². The van der Waals surface area contributed by atoms with Gasteiger partial charge in [0.15, 0.2) is 0 Å². The lowest BCUT2D eigenvalue weighted by molar-refractivity contribution is -0.135. The van der Waals surface area contributed by atoms with Gasteiger partial charge in [0, 0.05) is 34.4 Å². The fourth-order valence-corrected chi connectivity index (χ4v) is 6.30. The van der Waals surface area contributed by atoms with Crippen molar-refractivity contribution in [3.8, 4) is 11.5 Å². The summed E-state index contributed by atoms with van der Waals surface area (Å²) < 4.78 is 12.2. The lowest BCUT2D eigenvalue weighted by Gasteiger charge is -2.19. The minimum atomic E-state index is -0.184. The highest BCUT2D eigenvalue weighted by Gasteiger charge is 2.23. The number of esters is 2. The molecule has 190 valence electrons. The summed E-state index contributed by atoms with van der Waals surface area (Å²) in [5.74, 6) is 2.10. The Balaban J connectivity index is 1.48. The maximum absolute atomic E-state index is 13.0. The van der Waals surface area contributed by atoms with Gasteiger partial charge in [0.1, 0.15) is 11.5 Å². The summed E-state index contributed by atoms with van der Waals surface area (Å²) in [5.41, 5.74) is 1.08. The number of rotatable bonds is 9. The Hall–Kier alpha value is -2.88. The van der Waals surface area contributed by atoms with Crippen LogP contribution in [0.3, 0.4) is 0 Å². The van der Waals surface area contributed by atoms with Crippen LogP contribution in [0.25, 0.3) is 21.5 Å². The van der Waals surface area contributed by atoms with Gasteiger partial charge in [0.05, 0.1) is 0 Å². The molecule has 5 rings (SSSR count). The van der Waals surface area contributed by atoms with Gasteiger partial charge in [-0.25, -0.2) is 0 Å². The fraction of sp³-hybridized carbons (Fsp3) is 0.500. The highest BCUT2D eigenvalue weighted by molar-refractivity contribution is 6.13. The SMILES string of the molecule is CCc1cccc2c(OC(=O)CCC3CCCC3)c3ccccc3c(OC(=O)CCC3CCCC3)c12. The zero-order chi connectivity index (χ0) is 24.9. The molecule has 4 heteroatoms. The molecule has 0 aliphatic heterocycles. The molecule has 0 radical (unpaired) electrons. The molecule has 3 aromatic carbocycles. The first-order valence-electron chi connectivity index (χ1n) is 14.0. The molecular weight excluding hydrogens is 448 g/mol. The summed E-state index contributed by atoms with van der Waals surface area (Å²) in [7, 11) is 0. The average Bonchev–Trinajstić information content (AvgIpc) is 3.62. The Bertz CT molecular complexity index is 1230. The van der Waals surface area contributed by atoms with Crippen LogP contribution in [0.1, 0.15) is 89.5 Å². The molecule has 2 aliphatic rings. The van der Waals surface area contributed by atoms with E-state index >= 15 is 0 Å². The van der Waals surface area contributed by atoms with E-state index < -0.39 is 0 Å². The third-order valence-corrected chi connectivity index (χ3v) is 8.31. The summed E-state index contributed by atoms with van der Waals surface area (Å²) >= 11 is 0. The van der Waals surface area contributed by atoms with Crippen molar-refractivity contribution in [1.82, 2.24) is 0 Å². The van der Waals surface area contributed by atoms with Crippen molar-refractivity contribution in [1.29, 1.82) is 0 Å². The van der Waals surface area contributed by atoms with Crippen LogP contribution in [0, 0.1) is 11.8 Å². The van der Waals surface area contributed by atoms with Crippen molar-refractivity contribution in [3.63, 3.8) is 0 Å². The molecular formula is C32H38O4. The predicted molar refractivity (Wildman–Crippen MR) is 144 cm³/mol. The van der Waals surface area contributed by atoms with Crippen LogP contribution in [0.2, 0.25) is 0 Å². The first-order chi connectivity index (χ1) is 17.6. The van der Waals surface area contributed by atoms with Crippen molar-refractivity contribution < 1.29 is 19.1 Å². The predicted octanol–water partition coefficient (Wildman–Crippen LogP) is 8.31. The molecule has 2 aliphatic carbocycles. The van der Waals surface area contributed by atoms with Crippen LogP contribution in [0.15, 0.2) is 42.5 Å². The number of aryl methyl sites for hydroxylation is 1. The molecule has 0 atom stereocenters. The van der Waals surface area contributed by atoms with Crippen LogP contribution in [0.4, 0.5) is 0 Å². The zero-order valence-corrected chi connectivity index (χ0v) is 21.5. The second-order valence-corrected chi connectivity index (χ2v) is 10.7. The summed E-state index contributed by atoms with van der Waals surface area (Å²) in [6, 6.07) is 13.9. The lowest BCUT2D eigenvalue weighted by Crippen LogP contribution is -2.12. The second kappa shape index (κ2) is 11.5. The van der Waals surface area contributed by atoms with Gasteiger partial charge in [0.25, 0.3) is 0 Å². The van der Waals surface area contributed by atoms with E-state index in [1.165, 1.54) is 51.4 Å². The molecule has 0 unspecified atom stereocenters. The van der Waals surface area contributed by atoms with E-state index in [1.807, 2.05) is 36.4 Å². The minimum Gasteiger partial charge on any atom is -0.425 e. The second-order valence-electron chi connectivity index (χ2n) is 10.7. The number of benzene rings is 3. The minimum absolute atomic E-state index is 0.180. The highest BCUT2D eigenvalue weighted by atomic mass is 16.5. The quantitative estimate of drug-likeness (QED) is 0.173. The Labute approximate surface area is 214 Å². The van der Waals surface area contributed by atoms with E-state index in [0.29, 0.717) is 36.2 Å². The summed E-state index contributed by atoms with van der Waals surface area (Å²) in [6.07, 6.45) is 13.4. The molecule has 36 heavy (non-hydrogen) atoms. The number of carbonyl (C=O) groups excluding carboxylic acids is 2. The van der Waals surface area contributed by atoms with Crippen molar-refractivity contribution >= 4 is 33.5 Å². The lowest BCUT2D eigenvalue weighted by atomic mass is 9.95. The maximum atomic E-state index is 13.0. The normalized spacial score (nSPS) is 16.7. The van der Waals surface area contributed by atoms with Crippen LogP contribution >= 0.6 is 0 Å². The Morgan fingerprint density at radius 3 is 1.75 bits per heavy atom. The van der Waals surface area contributed by atoms with Crippen LogP contribution < -0.4 is 9.47 Å². The number of ether oxygens (including phenoxy) is 2. The molecule has 0 spiro atoms. The van der Waals surface area contributed by atoms with Gasteiger partial charge in [-0.2, -0.15) is 0 Å². The van der Waals surface area contributed by atoms with Crippen molar-refractivity contribution in [2.75, 3.05) is 0 Å². The summed E-state index contributed by atoms with van der Waals surface area (Å²) in [5, 5.41) is 3.34. The van der Waals surface area contributed by atoms with E-state index in [2.05, 4.69) is 13.0 Å². The number of carbonyl (C=O) groups is 2. The Kier molecular flexibility index (Phi) is 7.89. The monoisotopic (exact) mass is 486 g/mol. The summed E-state index contributed by atoms with van der Waals surface area (Å²) in [6.45, 7) is 2.10. The molecule has 2 saturated carbocycles. The van der Waals surface area contributed by atoms with E-state index in [1.54, 1.807) is 0 Å². The van der Waals surface area contributed by atoms with Crippen molar-refractivity contribution in [3.05, 3.63) is 48.0 Å². The molecule has 0 N–H and O–H groups in total. The van der Waals surface area contributed by atoms with Gasteiger partial charge in [-0.05, 0) is 36.7 Å². The molecule has 2 fully saturated rings. The molecule has 3 aromatic rings. The standard InChI is InChI=1S/C32H38O4/c1-2-24-14-9-17-27-30(24)32(36-29(34)21-19-23-12-5-6-13-23)26-16-8-7-15-25(26)31(27)35-28(33)20-18-22-10-3-4-11-22/h7-9,14-17,22-23H,2-6,10-13,18-21H2,1H3. The van der Waals surface area contributed by atoms with E-state index in [-0.39, 0.29) is 11.9 Å². The first kappa shape index (κ1) is 24.8. The number of fused-ring (bicyclic) bond motifs is 2. The molecule has 0 heterocycles. The number of hydrogen-bond acceptors (Lipinski definition) is 4. The van der Waals surface area contributed by atoms with Crippen LogP contribution in [-0.4, -0.2) is 11.9 Å². The average molecular weight is 487 g/mol. The number of hydrogen-bond donors (Lipinski definition) is 0. The van der Waals surface area contributed by atoms with E-state index in [0.717, 1.165) is 46.4 Å². The first-order valence-corrected chi connectivity index (χ1v) is 14.0. The van der Waals surface area contributed by atoms with Gasteiger partial charge >= 0.3 is 11.9 Å². The van der Waals surface area contributed by atoms with Gasteiger partial charge in [-0.3, -0.25) is 9.59 Å². The third kappa shape index (κ3) is 5.43. The fourth-order valence-electron chi connectivity index (χ4n) is 6.30. The van der Waals surface area contributed by atoms with Gasteiger partial charge in [0.2, 0.25) is 0 Å². The maximum Gasteiger partial charge on any atom is 0.311 e. The highest BCUT2D eigenvalue weighted by Crippen LogP contribution is 2.45. The topological polar surface area (TPSA) is 52.6 Å². The largest absolute Gasteiger partial charge is 0.425 e. The van der Waals surface area contributed by atoms with Crippen LogP contribution in [0.5, 0.6) is 11.5 Å². The Morgan fingerprint density at radius 1 is 0.694 bits per heavy atom.